The van der Waals surface area contributed by atoms with Gasteiger partial charge in [0.2, 0.25) is 0 Å². The second-order valence-corrected chi connectivity index (χ2v) is 6.37. The molecule has 1 aromatic rings. The van der Waals surface area contributed by atoms with Crippen molar-refractivity contribution in [3.8, 4) is 11.5 Å². The number of hydrogen-bond acceptors (Lipinski definition) is 4. The quantitative estimate of drug-likeness (QED) is 0.903. The third-order valence-corrected chi connectivity index (χ3v) is 4.90. The summed E-state index contributed by atoms with van der Waals surface area (Å²) in [5.74, 6) is 1.80. The lowest BCUT2D eigenvalue weighted by Crippen LogP contribution is -2.49. The Morgan fingerprint density at radius 3 is 2.67 bits per heavy atom. The van der Waals surface area contributed by atoms with Crippen LogP contribution in [0, 0.1) is 0 Å². The van der Waals surface area contributed by atoms with Crippen LogP contribution >= 0.6 is 0 Å². The fraction of sp³-hybridized carbons (Fsp3) is 0.647. The molecule has 1 N–H and O–H groups in total. The lowest BCUT2D eigenvalue weighted by molar-refractivity contribution is 0.152. The van der Waals surface area contributed by atoms with Gasteiger partial charge in [0, 0.05) is 24.2 Å². The van der Waals surface area contributed by atoms with Crippen molar-refractivity contribution in [2.75, 3.05) is 33.9 Å². The van der Waals surface area contributed by atoms with Crippen LogP contribution in [0.1, 0.15) is 31.2 Å². The van der Waals surface area contributed by atoms with Gasteiger partial charge in [0.1, 0.15) is 13.2 Å². The predicted molar refractivity (Wildman–Crippen MR) is 84.0 cm³/mol. The minimum absolute atomic E-state index is 0.326. The average Bonchev–Trinajstić information content (AvgIpc) is 2.98. The SMILES string of the molecule is CN(C)C1(CNCc2cccc3c2OCCO3)CCCC1. The maximum Gasteiger partial charge on any atom is 0.165 e. The fourth-order valence-corrected chi connectivity index (χ4v) is 3.52. The molecule has 1 fully saturated rings. The second-order valence-electron chi connectivity index (χ2n) is 6.37. The first kappa shape index (κ1) is 14.7. The molecule has 0 amide bonds. The van der Waals surface area contributed by atoms with Gasteiger partial charge in [-0.3, -0.25) is 0 Å². The number of benzene rings is 1. The Kier molecular flexibility index (Phi) is 4.36. The monoisotopic (exact) mass is 290 g/mol. The molecule has 0 spiro atoms. The van der Waals surface area contributed by atoms with E-state index in [1.807, 2.05) is 12.1 Å². The van der Waals surface area contributed by atoms with Crippen molar-refractivity contribution in [1.82, 2.24) is 10.2 Å². The smallest absolute Gasteiger partial charge is 0.165 e. The summed E-state index contributed by atoms with van der Waals surface area (Å²) in [7, 11) is 4.41. The lowest BCUT2D eigenvalue weighted by Gasteiger charge is -2.36. The molecular formula is C17H26N2O2. The molecular weight excluding hydrogens is 264 g/mol. The number of likely N-dealkylation sites (N-methyl/N-ethyl adjacent to an activating group) is 1. The van der Waals surface area contributed by atoms with Gasteiger partial charge >= 0.3 is 0 Å². The Hall–Kier alpha value is -1.26. The van der Waals surface area contributed by atoms with Crippen LogP contribution in [0.4, 0.5) is 0 Å². The van der Waals surface area contributed by atoms with Crippen molar-refractivity contribution < 1.29 is 9.47 Å². The molecule has 0 saturated heterocycles. The lowest BCUT2D eigenvalue weighted by atomic mass is 9.96. The van der Waals surface area contributed by atoms with Crippen LogP contribution < -0.4 is 14.8 Å². The minimum Gasteiger partial charge on any atom is -0.486 e. The highest BCUT2D eigenvalue weighted by atomic mass is 16.6. The highest BCUT2D eigenvalue weighted by Gasteiger charge is 2.35. The van der Waals surface area contributed by atoms with Gasteiger partial charge in [0.25, 0.3) is 0 Å². The van der Waals surface area contributed by atoms with Crippen LogP contribution in [-0.4, -0.2) is 44.3 Å². The van der Waals surface area contributed by atoms with Crippen molar-refractivity contribution in [3.05, 3.63) is 23.8 Å². The summed E-state index contributed by atoms with van der Waals surface area (Å²) in [5, 5.41) is 3.64. The van der Waals surface area contributed by atoms with Gasteiger partial charge in [-0.1, -0.05) is 25.0 Å². The summed E-state index contributed by atoms with van der Waals surface area (Å²) < 4.78 is 11.4. The van der Waals surface area contributed by atoms with Crippen molar-refractivity contribution in [2.24, 2.45) is 0 Å². The summed E-state index contributed by atoms with van der Waals surface area (Å²) in [4.78, 5) is 2.40. The van der Waals surface area contributed by atoms with Crippen molar-refractivity contribution in [3.63, 3.8) is 0 Å². The standard InChI is InChI=1S/C17H26N2O2/c1-19(2)17(8-3-4-9-17)13-18-12-14-6-5-7-15-16(14)21-11-10-20-15/h5-7,18H,3-4,8-13H2,1-2H3. The molecule has 2 aliphatic rings. The molecule has 1 aromatic carbocycles. The number of para-hydroxylation sites is 1. The largest absolute Gasteiger partial charge is 0.486 e. The van der Waals surface area contributed by atoms with E-state index in [4.69, 9.17) is 9.47 Å². The van der Waals surface area contributed by atoms with Crippen LogP contribution in [0.15, 0.2) is 18.2 Å². The van der Waals surface area contributed by atoms with Crippen LogP contribution in [0.25, 0.3) is 0 Å². The third kappa shape index (κ3) is 3.01. The minimum atomic E-state index is 0.326. The number of fused-ring (bicyclic) bond motifs is 1. The number of hydrogen-bond donors (Lipinski definition) is 1. The van der Waals surface area contributed by atoms with E-state index >= 15 is 0 Å². The summed E-state index contributed by atoms with van der Waals surface area (Å²) in [6, 6.07) is 6.15. The van der Waals surface area contributed by atoms with Crippen LogP contribution in [0.2, 0.25) is 0 Å². The van der Waals surface area contributed by atoms with Gasteiger partial charge in [-0.25, -0.2) is 0 Å². The van der Waals surface area contributed by atoms with E-state index < -0.39 is 0 Å². The first-order valence-corrected chi connectivity index (χ1v) is 7.97. The molecule has 1 aliphatic heterocycles. The van der Waals surface area contributed by atoms with Gasteiger partial charge < -0.3 is 19.7 Å². The maximum absolute atomic E-state index is 5.77. The molecule has 0 radical (unpaired) electrons. The second kappa shape index (κ2) is 6.24. The molecule has 0 unspecified atom stereocenters. The predicted octanol–water partition coefficient (Wildman–Crippen LogP) is 2.42. The van der Waals surface area contributed by atoms with E-state index in [-0.39, 0.29) is 0 Å². The molecule has 0 bridgehead atoms. The van der Waals surface area contributed by atoms with E-state index in [1.54, 1.807) is 0 Å². The van der Waals surface area contributed by atoms with Crippen molar-refractivity contribution in [2.45, 2.75) is 37.8 Å². The maximum atomic E-state index is 5.77. The van der Waals surface area contributed by atoms with Crippen molar-refractivity contribution >= 4 is 0 Å². The molecule has 21 heavy (non-hydrogen) atoms. The van der Waals surface area contributed by atoms with E-state index in [2.05, 4.69) is 30.4 Å². The number of ether oxygens (including phenoxy) is 2. The van der Waals surface area contributed by atoms with Crippen LogP contribution in [0.5, 0.6) is 11.5 Å². The Morgan fingerprint density at radius 1 is 1.14 bits per heavy atom. The molecule has 0 atom stereocenters. The molecule has 4 nitrogen and oxygen atoms in total. The van der Waals surface area contributed by atoms with E-state index in [0.717, 1.165) is 24.6 Å². The molecule has 4 heteroatoms. The number of rotatable bonds is 5. The zero-order valence-electron chi connectivity index (χ0n) is 13.2. The molecule has 3 rings (SSSR count). The van der Waals surface area contributed by atoms with E-state index in [1.165, 1.54) is 31.2 Å². The summed E-state index contributed by atoms with van der Waals surface area (Å²) in [5.41, 5.74) is 1.52. The Morgan fingerprint density at radius 2 is 1.90 bits per heavy atom. The van der Waals surface area contributed by atoms with Gasteiger partial charge in [-0.15, -0.1) is 0 Å². The van der Waals surface area contributed by atoms with Gasteiger partial charge in [-0.05, 0) is 33.0 Å². The summed E-state index contributed by atoms with van der Waals surface area (Å²) >= 11 is 0. The van der Waals surface area contributed by atoms with Gasteiger partial charge in [0.15, 0.2) is 11.5 Å². The van der Waals surface area contributed by atoms with Gasteiger partial charge in [-0.2, -0.15) is 0 Å². The Bertz CT molecular complexity index is 482. The third-order valence-electron chi connectivity index (χ3n) is 4.90. The number of nitrogens with one attached hydrogen (secondary N) is 1. The normalized spacial score (nSPS) is 20.0. The summed E-state index contributed by atoms with van der Waals surface area (Å²) in [6.45, 7) is 3.16. The Balaban J connectivity index is 1.63. The van der Waals surface area contributed by atoms with Gasteiger partial charge in [0.05, 0.1) is 0 Å². The van der Waals surface area contributed by atoms with Crippen LogP contribution in [-0.2, 0) is 6.54 Å². The zero-order chi connectivity index (χ0) is 14.7. The summed E-state index contributed by atoms with van der Waals surface area (Å²) in [6.07, 6.45) is 5.27. The highest BCUT2D eigenvalue weighted by molar-refractivity contribution is 5.47. The first-order valence-electron chi connectivity index (χ1n) is 7.97. The Labute approximate surface area is 127 Å². The fourth-order valence-electron chi connectivity index (χ4n) is 3.52. The molecule has 0 aromatic heterocycles. The van der Waals surface area contributed by atoms with E-state index in [9.17, 15) is 0 Å². The molecule has 1 saturated carbocycles. The highest BCUT2D eigenvalue weighted by Crippen LogP contribution is 2.35. The van der Waals surface area contributed by atoms with E-state index in [0.29, 0.717) is 18.8 Å². The topological polar surface area (TPSA) is 33.7 Å². The average molecular weight is 290 g/mol. The van der Waals surface area contributed by atoms with Crippen LogP contribution in [0.3, 0.4) is 0 Å². The number of nitrogens with zero attached hydrogens (tertiary/aromatic N) is 1. The molecule has 116 valence electrons. The van der Waals surface area contributed by atoms with Crippen molar-refractivity contribution in [1.29, 1.82) is 0 Å². The first-order chi connectivity index (χ1) is 10.2. The molecule has 1 heterocycles. The molecule has 1 aliphatic carbocycles. The zero-order valence-corrected chi connectivity index (χ0v) is 13.2.